The van der Waals surface area contributed by atoms with Crippen LogP contribution in [-0.4, -0.2) is 36.4 Å². The highest BCUT2D eigenvalue weighted by Crippen LogP contribution is 2.34. The van der Waals surface area contributed by atoms with Gasteiger partial charge >= 0.3 is 11.9 Å². The largest absolute Gasteiger partial charge is 0.465 e. The molecular formula is C17H14BrN3O4. The molecule has 0 bridgehead atoms. The van der Waals surface area contributed by atoms with Gasteiger partial charge in [0.1, 0.15) is 5.70 Å². The molecule has 0 radical (unpaired) electrons. The molecule has 0 unspecified atom stereocenters. The van der Waals surface area contributed by atoms with Gasteiger partial charge in [-0.2, -0.15) is 5.10 Å². The van der Waals surface area contributed by atoms with Gasteiger partial charge in [0.2, 0.25) is 0 Å². The predicted molar refractivity (Wildman–Crippen MR) is 95.6 cm³/mol. The molecule has 2 aromatic rings. The van der Waals surface area contributed by atoms with Gasteiger partial charge in [-0.15, -0.1) is 0 Å². The second-order valence-electron chi connectivity index (χ2n) is 5.04. The van der Waals surface area contributed by atoms with Gasteiger partial charge < -0.3 is 14.4 Å². The summed E-state index contributed by atoms with van der Waals surface area (Å²) in [6, 6.07) is 3.64. The summed E-state index contributed by atoms with van der Waals surface area (Å²) in [6.07, 6.45) is 8.21. The maximum Gasteiger partial charge on any atom is 0.355 e. The van der Waals surface area contributed by atoms with Gasteiger partial charge in [-0.05, 0) is 24.3 Å². The molecular weight excluding hydrogens is 390 g/mol. The van der Waals surface area contributed by atoms with Gasteiger partial charge in [0, 0.05) is 16.1 Å². The number of H-pyrrole nitrogens is 1. The highest BCUT2D eigenvalue weighted by Gasteiger charge is 2.28. The molecule has 0 amide bonds. The van der Waals surface area contributed by atoms with E-state index in [4.69, 9.17) is 9.47 Å². The molecule has 128 valence electrons. The van der Waals surface area contributed by atoms with E-state index in [1.807, 2.05) is 6.07 Å². The Morgan fingerprint density at radius 3 is 2.64 bits per heavy atom. The first-order valence-electron chi connectivity index (χ1n) is 7.25. The summed E-state index contributed by atoms with van der Waals surface area (Å²) in [4.78, 5) is 26.2. The number of aromatic amines is 1. The summed E-state index contributed by atoms with van der Waals surface area (Å²) >= 11 is 3.47. The van der Waals surface area contributed by atoms with E-state index >= 15 is 0 Å². The van der Waals surface area contributed by atoms with Crippen LogP contribution in [0.15, 0.2) is 58.5 Å². The van der Waals surface area contributed by atoms with Crippen molar-refractivity contribution in [2.24, 2.45) is 0 Å². The SMILES string of the molecule is COC(=O)C1=C(C(=O)OC)N(c2ccc(Br)c3cn[nH]c23)C=CC=C1. The highest BCUT2D eigenvalue weighted by molar-refractivity contribution is 9.10. The molecule has 1 aliphatic rings. The molecule has 7 nitrogen and oxygen atoms in total. The molecule has 1 aliphatic heterocycles. The number of anilines is 1. The molecule has 0 saturated carbocycles. The van der Waals surface area contributed by atoms with Crippen LogP contribution in [0.4, 0.5) is 5.69 Å². The smallest absolute Gasteiger partial charge is 0.355 e. The minimum Gasteiger partial charge on any atom is -0.465 e. The zero-order valence-electron chi connectivity index (χ0n) is 13.4. The van der Waals surface area contributed by atoms with E-state index in [0.717, 1.165) is 9.86 Å². The number of hydrogen-bond acceptors (Lipinski definition) is 6. The molecule has 25 heavy (non-hydrogen) atoms. The van der Waals surface area contributed by atoms with Gasteiger partial charge in [0.05, 0.1) is 37.2 Å². The molecule has 0 fully saturated rings. The first-order valence-corrected chi connectivity index (χ1v) is 8.04. The second-order valence-corrected chi connectivity index (χ2v) is 5.90. The normalized spacial score (nSPS) is 14.0. The number of esters is 2. The van der Waals surface area contributed by atoms with Crippen LogP contribution < -0.4 is 4.90 Å². The standard InChI is InChI=1S/C17H14BrN3O4/c1-24-16(22)10-5-3-4-8-21(15(10)17(23)25-2)13-7-6-12(18)11-9-19-20-14(11)13/h3-9H,1-2H3,(H,19,20). The Morgan fingerprint density at radius 2 is 1.92 bits per heavy atom. The van der Waals surface area contributed by atoms with Crippen molar-refractivity contribution in [1.82, 2.24) is 10.2 Å². The monoisotopic (exact) mass is 403 g/mol. The number of carbonyl (C=O) groups is 2. The average Bonchev–Trinajstić information content (AvgIpc) is 3.02. The van der Waals surface area contributed by atoms with Crippen molar-refractivity contribution in [3.63, 3.8) is 0 Å². The number of nitrogens with one attached hydrogen (secondary N) is 1. The lowest BCUT2D eigenvalue weighted by atomic mass is 10.1. The van der Waals surface area contributed by atoms with Crippen molar-refractivity contribution < 1.29 is 19.1 Å². The second kappa shape index (κ2) is 6.94. The van der Waals surface area contributed by atoms with E-state index in [0.29, 0.717) is 11.2 Å². The van der Waals surface area contributed by atoms with Crippen molar-refractivity contribution in [1.29, 1.82) is 0 Å². The zero-order valence-corrected chi connectivity index (χ0v) is 15.0. The number of nitrogens with zero attached hydrogens (tertiary/aromatic N) is 2. The van der Waals surface area contributed by atoms with E-state index in [9.17, 15) is 9.59 Å². The van der Waals surface area contributed by atoms with Crippen LogP contribution in [0.2, 0.25) is 0 Å². The van der Waals surface area contributed by atoms with Crippen molar-refractivity contribution >= 4 is 44.5 Å². The fourth-order valence-electron chi connectivity index (χ4n) is 2.54. The molecule has 0 spiro atoms. The minimum atomic E-state index is -0.660. The predicted octanol–water partition coefficient (Wildman–Crippen LogP) is 2.82. The number of rotatable bonds is 3. The molecule has 0 atom stereocenters. The number of halogens is 1. The first kappa shape index (κ1) is 17.0. The van der Waals surface area contributed by atoms with E-state index in [1.165, 1.54) is 20.3 Å². The molecule has 1 N–H and O–H groups in total. The number of aromatic nitrogens is 2. The van der Waals surface area contributed by atoms with Crippen LogP contribution in [0.25, 0.3) is 10.9 Å². The lowest BCUT2D eigenvalue weighted by Crippen LogP contribution is -2.27. The number of methoxy groups -OCH3 is 2. The Morgan fingerprint density at radius 1 is 1.16 bits per heavy atom. The van der Waals surface area contributed by atoms with Crippen molar-refractivity contribution in [2.45, 2.75) is 0 Å². The summed E-state index contributed by atoms with van der Waals surface area (Å²) in [5.41, 5.74) is 1.48. The van der Waals surface area contributed by atoms with Crippen LogP contribution in [-0.2, 0) is 19.1 Å². The zero-order chi connectivity index (χ0) is 18.0. The fraction of sp³-hybridized carbons (Fsp3) is 0.118. The van der Waals surface area contributed by atoms with Gasteiger partial charge in [-0.3, -0.25) is 5.10 Å². The summed E-state index contributed by atoms with van der Waals surface area (Å²) in [6.45, 7) is 0. The minimum absolute atomic E-state index is 0.0533. The maximum absolute atomic E-state index is 12.4. The molecule has 0 saturated heterocycles. The Kier molecular flexibility index (Phi) is 4.71. The average molecular weight is 404 g/mol. The van der Waals surface area contributed by atoms with Gasteiger partial charge in [-0.25, -0.2) is 9.59 Å². The van der Waals surface area contributed by atoms with Crippen LogP contribution in [0.3, 0.4) is 0 Å². The maximum atomic E-state index is 12.4. The Hall–Kier alpha value is -2.87. The van der Waals surface area contributed by atoms with Crippen molar-refractivity contribution in [3.05, 3.63) is 58.5 Å². The van der Waals surface area contributed by atoms with E-state index in [-0.39, 0.29) is 11.3 Å². The Bertz CT molecular complexity index is 943. The third-order valence-electron chi connectivity index (χ3n) is 3.69. The summed E-state index contributed by atoms with van der Waals surface area (Å²) in [7, 11) is 2.52. The number of ether oxygens (including phenoxy) is 2. The van der Waals surface area contributed by atoms with E-state index < -0.39 is 11.9 Å². The van der Waals surface area contributed by atoms with Crippen LogP contribution in [0, 0.1) is 0 Å². The molecule has 0 aliphatic carbocycles. The molecule has 8 heteroatoms. The molecule has 1 aromatic heterocycles. The van der Waals surface area contributed by atoms with Gasteiger partial charge in [0.25, 0.3) is 0 Å². The fourth-order valence-corrected chi connectivity index (χ4v) is 2.97. The van der Waals surface area contributed by atoms with Crippen LogP contribution in [0.1, 0.15) is 0 Å². The van der Waals surface area contributed by atoms with Crippen molar-refractivity contribution in [2.75, 3.05) is 19.1 Å². The number of fused-ring (bicyclic) bond motifs is 1. The summed E-state index contributed by atoms with van der Waals surface area (Å²) < 4.78 is 10.6. The molecule has 3 rings (SSSR count). The highest BCUT2D eigenvalue weighted by atomic mass is 79.9. The van der Waals surface area contributed by atoms with E-state index in [2.05, 4.69) is 26.1 Å². The summed E-state index contributed by atoms with van der Waals surface area (Å²) in [5, 5.41) is 7.81. The Labute approximate surface area is 151 Å². The van der Waals surface area contributed by atoms with E-state index in [1.54, 1.807) is 35.5 Å². The number of carbonyl (C=O) groups excluding carboxylic acids is 2. The third kappa shape index (κ3) is 2.96. The summed E-state index contributed by atoms with van der Waals surface area (Å²) in [5.74, 6) is -1.30. The van der Waals surface area contributed by atoms with Gasteiger partial charge in [0.15, 0.2) is 0 Å². The lowest BCUT2D eigenvalue weighted by molar-refractivity contribution is -0.139. The quantitative estimate of drug-likeness (QED) is 0.793. The van der Waals surface area contributed by atoms with Gasteiger partial charge in [-0.1, -0.05) is 22.0 Å². The Balaban J connectivity index is 2.28. The third-order valence-corrected chi connectivity index (χ3v) is 4.38. The number of benzene rings is 1. The topological polar surface area (TPSA) is 84.5 Å². The molecule has 1 aromatic carbocycles. The number of hydrogen-bond donors (Lipinski definition) is 1. The van der Waals surface area contributed by atoms with Crippen LogP contribution in [0.5, 0.6) is 0 Å². The van der Waals surface area contributed by atoms with Crippen LogP contribution >= 0.6 is 15.9 Å². The lowest BCUT2D eigenvalue weighted by Gasteiger charge is -2.23. The van der Waals surface area contributed by atoms with Crippen molar-refractivity contribution in [3.8, 4) is 0 Å². The first-order chi connectivity index (χ1) is 12.1. The number of allylic oxidation sites excluding steroid dienone is 2. The molecule has 2 heterocycles.